The molecule has 0 saturated heterocycles. The van der Waals surface area contributed by atoms with E-state index in [0.29, 0.717) is 36.9 Å². The van der Waals surface area contributed by atoms with E-state index in [9.17, 15) is 9.59 Å². The number of amides is 2. The van der Waals surface area contributed by atoms with Crippen LogP contribution in [0.3, 0.4) is 0 Å². The number of carbonyl (C=O) groups excluding carboxylic acids is 2. The van der Waals surface area contributed by atoms with Gasteiger partial charge in [-0.1, -0.05) is 29.8 Å². The van der Waals surface area contributed by atoms with Gasteiger partial charge in [-0.3, -0.25) is 9.59 Å². The summed E-state index contributed by atoms with van der Waals surface area (Å²) >= 11 is 0. The third kappa shape index (κ3) is 4.39. The van der Waals surface area contributed by atoms with Crippen LogP contribution < -0.4 is 20.1 Å². The van der Waals surface area contributed by atoms with E-state index >= 15 is 0 Å². The molecule has 6 heteroatoms. The molecule has 142 valence electrons. The highest BCUT2D eigenvalue weighted by atomic mass is 16.6. The van der Waals surface area contributed by atoms with Crippen molar-refractivity contribution in [3.05, 3.63) is 53.6 Å². The van der Waals surface area contributed by atoms with Crippen molar-refractivity contribution in [1.82, 2.24) is 5.32 Å². The lowest BCUT2D eigenvalue weighted by atomic mass is 9.90. The van der Waals surface area contributed by atoms with Crippen molar-refractivity contribution in [1.29, 1.82) is 0 Å². The van der Waals surface area contributed by atoms with Gasteiger partial charge in [0.1, 0.15) is 18.6 Å². The van der Waals surface area contributed by atoms with E-state index in [4.69, 9.17) is 9.47 Å². The first-order chi connectivity index (χ1) is 12.9. The number of fused-ring (bicyclic) bond motifs is 1. The molecule has 0 spiro atoms. The van der Waals surface area contributed by atoms with E-state index in [1.807, 2.05) is 31.2 Å². The Balaban J connectivity index is 1.63. The van der Waals surface area contributed by atoms with Gasteiger partial charge in [0.25, 0.3) is 0 Å². The molecule has 0 radical (unpaired) electrons. The number of hydrogen-bond acceptors (Lipinski definition) is 4. The topological polar surface area (TPSA) is 76.7 Å². The molecule has 0 saturated carbocycles. The summed E-state index contributed by atoms with van der Waals surface area (Å²) < 4.78 is 11.0. The van der Waals surface area contributed by atoms with Crippen molar-refractivity contribution in [3.63, 3.8) is 0 Å². The monoisotopic (exact) mass is 368 g/mol. The van der Waals surface area contributed by atoms with Gasteiger partial charge in [-0.15, -0.1) is 0 Å². The van der Waals surface area contributed by atoms with Gasteiger partial charge in [0, 0.05) is 18.3 Å². The molecule has 2 N–H and O–H groups in total. The molecule has 2 amide bonds. The van der Waals surface area contributed by atoms with Crippen molar-refractivity contribution < 1.29 is 19.1 Å². The minimum atomic E-state index is -1.23. The highest BCUT2D eigenvalue weighted by molar-refractivity contribution is 6.09. The zero-order chi connectivity index (χ0) is 19.4. The first-order valence-electron chi connectivity index (χ1n) is 8.91. The Bertz CT molecular complexity index is 861. The number of hydrogen-bond donors (Lipinski definition) is 2. The van der Waals surface area contributed by atoms with Crippen LogP contribution in [0.25, 0.3) is 0 Å². The van der Waals surface area contributed by atoms with Gasteiger partial charge in [0.15, 0.2) is 11.5 Å². The Morgan fingerprint density at radius 1 is 1.00 bits per heavy atom. The third-order valence-corrected chi connectivity index (χ3v) is 4.47. The predicted molar refractivity (Wildman–Crippen MR) is 103 cm³/mol. The number of aryl methyl sites for hydroxylation is 1. The second-order valence-corrected chi connectivity index (χ2v) is 7.11. The molecule has 0 aromatic heterocycles. The van der Waals surface area contributed by atoms with E-state index < -0.39 is 5.41 Å². The van der Waals surface area contributed by atoms with Crippen LogP contribution in [0.15, 0.2) is 42.5 Å². The van der Waals surface area contributed by atoms with Gasteiger partial charge < -0.3 is 20.1 Å². The maximum absolute atomic E-state index is 12.7. The van der Waals surface area contributed by atoms with Crippen molar-refractivity contribution in [2.75, 3.05) is 18.5 Å². The standard InChI is InChI=1S/C21H24N2O4/c1-14-5-4-6-15(11-14)13-22-19(24)21(2,3)20(25)23-16-7-8-17-18(12-16)27-10-9-26-17/h4-8,11-12H,9-10,13H2,1-3H3,(H,22,24)(H,23,25). The van der Waals surface area contributed by atoms with Gasteiger partial charge in [-0.25, -0.2) is 0 Å². The third-order valence-electron chi connectivity index (χ3n) is 4.47. The summed E-state index contributed by atoms with van der Waals surface area (Å²) in [6.45, 7) is 6.55. The van der Waals surface area contributed by atoms with Gasteiger partial charge in [0.2, 0.25) is 11.8 Å². The van der Waals surface area contributed by atoms with Crippen LogP contribution in [0.2, 0.25) is 0 Å². The number of anilines is 1. The molecular formula is C21H24N2O4. The first-order valence-corrected chi connectivity index (χ1v) is 8.91. The molecule has 0 atom stereocenters. The normalized spacial score (nSPS) is 13.0. The number of rotatable bonds is 5. The molecule has 0 bridgehead atoms. The number of nitrogens with one attached hydrogen (secondary N) is 2. The van der Waals surface area contributed by atoms with Crippen LogP contribution in [-0.4, -0.2) is 25.0 Å². The zero-order valence-corrected chi connectivity index (χ0v) is 15.8. The average molecular weight is 368 g/mol. The Labute approximate surface area is 158 Å². The fraction of sp³-hybridized carbons (Fsp3) is 0.333. The van der Waals surface area contributed by atoms with Gasteiger partial charge in [-0.05, 0) is 38.5 Å². The molecule has 0 unspecified atom stereocenters. The summed E-state index contributed by atoms with van der Waals surface area (Å²) in [5.74, 6) is 0.509. The Morgan fingerprint density at radius 2 is 1.74 bits per heavy atom. The summed E-state index contributed by atoms with van der Waals surface area (Å²) in [6, 6.07) is 13.1. The van der Waals surface area contributed by atoms with E-state index in [0.717, 1.165) is 11.1 Å². The summed E-state index contributed by atoms with van der Waals surface area (Å²) in [5.41, 5.74) is 1.45. The van der Waals surface area contributed by atoms with Gasteiger partial charge >= 0.3 is 0 Å². The summed E-state index contributed by atoms with van der Waals surface area (Å²) in [4.78, 5) is 25.2. The van der Waals surface area contributed by atoms with Gasteiger partial charge in [-0.2, -0.15) is 0 Å². The molecule has 0 fully saturated rings. The SMILES string of the molecule is Cc1cccc(CNC(=O)C(C)(C)C(=O)Nc2ccc3c(c2)OCCO3)c1. The number of ether oxygens (including phenoxy) is 2. The Kier molecular flexibility index (Phi) is 5.35. The van der Waals surface area contributed by atoms with E-state index in [2.05, 4.69) is 10.6 Å². The molecule has 3 rings (SSSR count). The maximum atomic E-state index is 12.7. The second kappa shape index (κ2) is 7.70. The average Bonchev–Trinajstić information content (AvgIpc) is 2.66. The van der Waals surface area contributed by atoms with Gasteiger partial charge in [0.05, 0.1) is 0 Å². The first kappa shape index (κ1) is 18.8. The minimum Gasteiger partial charge on any atom is -0.486 e. The number of benzene rings is 2. The van der Waals surface area contributed by atoms with Crippen molar-refractivity contribution in [3.8, 4) is 11.5 Å². The largest absolute Gasteiger partial charge is 0.486 e. The lowest BCUT2D eigenvalue weighted by molar-refractivity contribution is -0.138. The van der Waals surface area contributed by atoms with Crippen LogP contribution in [-0.2, 0) is 16.1 Å². The Hall–Kier alpha value is -3.02. The van der Waals surface area contributed by atoms with Crippen molar-refractivity contribution >= 4 is 17.5 Å². The molecule has 2 aromatic rings. The zero-order valence-electron chi connectivity index (χ0n) is 15.8. The quantitative estimate of drug-likeness (QED) is 0.796. The van der Waals surface area contributed by atoms with Crippen LogP contribution in [0.1, 0.15) is 25.0 Å². The highest BCUT2D eigenvalue weighted by Crippen LogP contribution is 2.33. The minimum absolute atomic E-state index is 0.334. The molecular weight excluding hydrogens is 344 g/mol. The lowest BCUT2D eigenvalue weighted by Gasteiger charge is -2.24. The van der Waals surface area contributed by atoms with E-state index in [1.165, 1.54) is 0 Å². The molecule has 0 aliphatic carbocycles. The highest BCUT2D eigenvalue weighted by Gasteiger charge is 2.36. The van der Waals surface area contributed by atoms with Crippen LogP contribution in [0.5, 0.6) is 11.5 Å². The lowest BCUT2D eigenvalue weighted by Crippen LogP contribution is -2.44. The number of carbonyl (C=O) groups is 2. The Morgan fingerprint density at radius 3 is 2.48 bits per heavy atom. The van der Waals surface area contributed by atoms with Crippen LogP contribution >= 0.6 is 0 Å². The predicted octanol–water partition coefficient (Wildman–Crippen LogP) is 3.05. The van der Waals surface area contributed by atoms with Crippen molar-refractivity contribution in [2.45, 2.75) is 27.3 Å². The van der Waals surface area contributed by atoms with Crippen LogP contribution in [0, 0.1) is 12.3 Å². The van der Waals surface area contributed by atoms with E-state index in [-0.39, 0.29) is 11.8 Å². The molecule has 1 heterocycles. The summed E-state index contributed by atoms with van der Waals surface area (Å²) in [5, 5.41) is 5.62. The maximum Gasteiger partial charge on any atom is 0.239 e. The molecule has 1 aliphatic heterocycles. The molecule has 6 nitrogen and oxygen atoms in total. The second-order valence-electron chi connectivity index (χ2n) is 7.11. The summed E-state index contributed by atoms with van der Waals surface area (Å²) in [7, 11) is 0. The smallest absolute Gasteiger partial charge is 0.239 e. The molecule has 1 aliphatic rings. The van der Waals surface area contributed by atoms with Crippen LogP contribution in [0.4, 0.5) is 5.69 Å². The van der Waals surface area contributed by atoms with Crippen molar-refractivity contribution in [2.24, 2.45) is 5.41 Å². The fourth-order valence-corrected chi connectivity index (χ4v) is 2.74. The van der Waals surface area contributed by atoms with E-state index in [1.54, 1.807) is 32.0 Å². The fourth-order valence-electron chi connectivity index (χ4n) is 2.74. The summed E-state index contributed by atoms with van der Waals surface area (Å²) in [6.07, 6.45) is 0. The molecule has 2 aromatic carbocycles. The molecule has 27 heavy (non-hydrogen) atoms.